The van der Waals surface area contributed by atoms with Crippen molar-refractivity contribution in [1.29, 1.82) is 0 Å². The first-order valence-electron chi connectivity index (χ1n) is 12.1. The number of aryl methyl sites for hydroxylation is 4. The van der Waals surface area contributed by atoms with Gasteiger partial charge in [-0.2, -0.15) is 0 Å². The van der Waals surface area contributed by atoms with Crippen LogP contribution < -0.4 is 0 Å². The van der Waals surface area contributed by atoms with Crippen molar-refractivity contribution in [1.82, 2.24) is 14.5 Å². The lowest BCUT2D eigenvalue weighted by Crippen LogP contribution is -2.27. The molecule has 124 valence electrons. The van der Waals surface area contributed by atoms with Gasteiger partial charge in [0.2, 0.25) is 0 Å². The van der Waals surface area contributed by atoms with Crippen molar-refractivity contribution >= 4 is 10.9 Å². The second-order valence-electron chi connectivity index (χ2n) is 6.34. The van der Waals surface area contributed by atoms with E-state index in [1.807, 2.05) is 25.1 Å². The third-order valence-electron chi connectivity index (χ3n) is 4.57. The van der Waals surface area contributed by atoms with Gasteiger partial charge in [0.15, 0.2) is 0 Å². The molecule has 3 heterocycles. The van der Waals surface area contributed by atoms with Gasteiger partial charge in [-0.1, -0.05) is 17.7 Å². The summed E-state index contributed by atoms with van der Waals surface area (Å²) in [6.07, 6.45) is 1.85. The first-order chi connectivity index (χ1) is 14.8. The van der Waals surface area contributed by atoms with Crippen LogP contribution in [0.5, 0.6) is 0 Å². The predicted molar refractivity (Wildman–Crippen MR) is 99.4 cm³/mol. The highest BCUT2D eigenvalue weighted by Gasteiger charge is 2.22. The Morgan fingerprint density at radius 3 is 3.04 bits per heavy atom. The van der Waals surface area contributed by atoms with Gasteiger partial charge >= 0.3 is 0 Å². The molecule has 3 nitrogen and oxygen atoms in total. The zero-order chi connectivity index (χ0) is 23.5. The maximum Gasteiger partial charge on any atom is 0.0501 e. The number of fused-ring (bicyclic) bond motifs is 3. The number of benzene rings is 1. The van der Waals surface area contributed by atoms with Gasteiger partial charge in [-0.15, -0.1) is 0 Å². The standard InChI is InChI=1S/C21H25N3/c1-15-4-7-20-18(12-15)19-14-23(3)10-9-21(19)24(20)11-8-17-6-5-16(2)22-13-17/h4-7,12-13H,8-11,14H2,1-3H3/i2D3,3D3,11D2. The summed E-state index contributed by atoms with van der Waals surface area (Å²) in [5, 5.41) is 0.869. The summed E-state index contributed by atoms with van der Waals surface area (Å²) in [7, 11) is 0. The fourth-order valence-corrected chi connectivity index (χ4v) is 3.35. The Bertz CT molecular complexity index is 1140. The van der Waals surface area contributed by atoms with Crippen molar-refractivity contribution in [2.24, 2.45) is 0 Å². The molecule has 0 radical (unpaired) electrons. The van der Waals surface area contributed by atoms with E-state index in [2.05, 4.69) is 4.98 Å². The number of hydrogen-bond acceptors (Lipinski definition) is 2. The fourth-order valence-electron chi connectivity index (χ4n) is 3.35. The smallest absolute Gasteiger partial charge is 0.0501 e. The van der Waals surface area contributed by atoms with Gasteiger partial charge in [0.05, 0.1) is 2.74 Å². The normalized spacial score (nSPS) is 21.5. The Balaban J connectivity index is 1.77. The number of nitrogens with zero attached hydrogens (tertiary/aromatic N) is 3. The van der Waals surface area contributed by atoms with Gasteiger partial charge in [-0.3, -0.25) is 4.98 Å². The third kappa shape index (κ3) is 2.73. The first kappa shape index (κ1) is 8.82. The van der Waals surface area contributed by atoms with Crippen LogP contribution >= 0.6 is 0 Å². The van der Waals surface area contributed by atoms with E-state index in [9.17, 15) is 0 Å². The highest BCUT2D eigenvalue weighted by molar-refractivity contribution is 5.86. The van der Waals surface area contributed by atoms with E-state index >= 15 is 0 Å². The summed E-state index contributed by atoms with van der Waals surface area (Å²) < 4.78 is 65.3. The molecule has 0 N–H and O–H groups in total. The molecule has 0 fully saturated rings. The average molecular weight is 328 g/mol. The van der Waals surface area contributed by atoms with E-state index in [1.54, 1.807) is 10.6 Å². The molecular formula is C21H25N3. The van der Waals surface area contributed by atoms with Crippen molar-refractivity contribution in [3.05, 3.63) is 64.6 Å². The fraction of sp³-hybridized carbons (Fsp3) is 0.381. The van der Waals surface area contributed by atoms with Crippen molar-refractivity contribution in [3.63, 3.8) is 0 Å². The molecule has 0 saturated carbocycles. The van der Waals surface area contributed by atoms with E-state index in [0.29, 0.717) is 18.5 Å². The lowest BCUT2D eigenvalue weighted by molar-refractivity contribution is 0.309. The minimum atomic E-state index is -2.31. The number of pyridine rings is 1. The highest BCUT2D eigenvalue weighted by atomic mass is 15.1. The van der Waals surface area contributed by atoms with Gasteiger partial charge in [-0.25, -0.2) is 0 Å². The molecule has 4 rings (SSSR count). The molecule has 0 atom stereocenters. The van der Waals surface area contributed by atoms with E-state index < -0.39 is 20.3 Å². The van der Waals surface area contributed by atoms with E-state index in [0.717, 1.165) is 27.7 Å². The number of likely N-dealkylation sites (N-methyl/N-ethyl adjacent to an activating group) is 1. The summed E-state index contributed by atoms with van der Waals surface area (Å²) in [6, 6.07) is 8.81. The Kier molecular flexibility index (Phi) is 2.23. The van der Waals surface area contributed by atoms with E-state index in [-0.39, 0.29) is 18.7 Å². The van der Waals surface area contributed by atoms with Crippen molar-refractivity contribution in [2.45, 2.75) is 39.7 Å². The zero-order valence-electron chi connectivity index (χ0n) is 21.6. The summed E-state index contributed by atoms with van der Waals surface area (Å²) in [5.41, 5.74) is 3.98. The van der Waals surface area contributed by atoms with Crippen LogP contribution in [0.25, 0.3) is 10.9 Å². The highest BCUT2D eigenvalue weighted by Crippen LogP contribution is 2.31. The molecule has 3 heteroatoms. The first-order valence-corrected chi connectivity index (χ1v) is 8.11. The quantitative estimate of drug-likeness (QED) is 0.728. The monoisotopic (exact) mass is 327 g/mol. The largest absolute Gasteiger partial charge is 0.344 e. The molecule has 3 aromatic rings. The molecule has 2 aromatic heterocycles. The summed E-state index contributed by atoms with van der Waals surface area (Å²) in [4.78, 5) is 5.46. The summed E-state index contributed by atoms with van der Waals surface area (Å²) in [6.45, 7) is -3.80. The second-order valence-corrected chi connectivity index (χ2v) is 6.34. The van der Waals surface area contributed by atoms with Gasteiger partial charge in [0.25, 0.3) is 0 Å². The maximum absolute atomic E-state index is 8.91. The Labute approximate surface area is 155 Å². The van der Waals surface area contributed by atoms with Crippen LogP contribution in [0.1, 0.15) is 39.0 Å². The predicted octanol–water partition coefficient (Wildman–Crippen LogP) is 3.88. The lowest BCUT2D eigenvalue weighted by atomic mass is 10.0. The van der Waals surface area contributed by atoms with Crippen LogP contribution in [-0.2, 0) is 25.9 Å². The summed E-state index contributed by atoms with van der Waals surface area (Å²) in [5.74, 6) is 0. The van der Waals surface area contributed by atoms with Crippen LogP contribution in [0.15, 0.2) is 36.5 Å². The molecule has 0 bridgehead atoms. The van der Waals surface area contributed by atoms with Crippen LogP contribution in [0.3, 0.4) is 0 Å². The minimum absolute atomic E-state index is 0.00830. The Morgan fingerprint density at radius 2 is 2.25 bits per heavy atom. The van der Waals surface area contributed by atoms with Gasteiger partial charge < -0.3 is 9.47 Å². The zero-order valence-corrected chi connectivity index (χ0v) is 13.6. The van der Waals surface area contributed by atoms with Crippen molar-refractivity contribution in [3.8, 4) is 0 Å². The molecule has 1 aromatic carbocycles. The average Bonchev–Trinajstić information content (AvgIpc) is 3.00. The van der Waals surface area contributed by atoms with Gasteiger partial charge in [0, 0.05) is 62.7 Å². The van der Waals surface area contributed by atoms with Gasteiger partial charge in [0.1, 0.15) is 0 Å². The van der Waals surface area contributed by atoms with Crippen LogP contribution in [0.2, 0.25) is 0 Å². The van der Waals surface area contributed by atoms with Gasteiger partial charge in [-0.05, 0) is 56.5 Å². The maximum atomic E-state index is 8.91. The van der Waals surface area contributed by atoms with Crippen molar-refractivity contribution in [2.75, 3.05) is 13.5 Å². The number of hydrogen-bond donors (Lipinski definition) is 0. The Hall–Kier alpha value is -2.13. The lowest BCUT2D eigenvalue weighted by Gasteiger charge is -2.24. The summed E-state index contributed by atoms with van der Waals surface area (Å²) >= 11 is 0. The van der Waals surface area contributed by atoms with Crippen LogP contribution in [0, 0.1) is 13.8 Å². The molecule has 0 aliphatic carbocycles. The molecule has 24 heavy (non-hydrogen) atoms. The Morgan fingerprint density at radius 1 is 1.29 bits per heavy atom. The number of aromatic nitrogens is 2. The molecule has 1 aliphatic rings. The van der Waals surface area contributed by atoms with E-state index in [4.69, 9.17) is 11.0 Å². The van der Waals surface area contributed by atoms with E-state index in [1.165, 1.54) is 17.2 Å². The van der Waals surface area contributed by atoms with Crippen LogP contribution in [-0.4, -0.2) is 28.0 Å². The third-order valence-corrected chi connectivity index (χ3v) is 4.57. The molecule has 0 saturated heterocycles. The van der Waals surface area contributed by atoms with Crippen LogP contribution in [0.4, 0.5) is 0 Å². The topological polar surface area (TPSA) is 21.1 Å². The number of rotatable bonds is 3. The minimum Gasteiger partial charge on any atom is -0.344 e. The molecule has 0 unspecified atom stereocenters. The SMILES string of the molecule is [2H]C([2H])([2H])c1ccc(CC([2H])([2H])n2c3c(c4cc(C)ccc42)CN(C([2H])([2H])[2H])CC3)cn1. The van der Waals surface area contributed by atoms with Crippen molar-refractivity contribution < 1.29 is 11.0 Å². The second kappa shape index (κ2) is 6.06. The molecule has 0 spiro atoms. The molecular weight excluding hydrogens is 294 g/mol. The molecule has 0 amide bonds. The molecule has 1 aliphatic heterocycles.